The zero-order valence-electron chi connectivity index (χ0n) is 19.2. The quantitative estimate of drug-likeness (QED) is 0.425. The SMILES string of the molecule is C=CCOc1c(C)cc(C)cc1[Si](C)(C)C1C(C)=C(N2CCCC2)c2ccccc21. The van der Waals surface area contributed by atoms with Crippen LogP contribution in [0.4, 0.5) is 0 Å². The normalized spacial score (nSPS) is 18.7. The Balaban J connectivity index is 1.88. The van der Waals surface area contributed by atoms with E-state index in [0.717, 1.165) is 5.75 Å². The number of rotatable bonds is 6. The Hall–Kier alpha value is -2.26. The highest BCUT2D eigenvalue weighted by atomic mass is 28.3. The van der Waals surface area contributed by atoms with E-state index >= 15 is 0 Å². The van der Waals surface area contributed by atoms with Gasteiger partial charge in [-0.15, -0.1) is 0 Å². The molecule has 2 nitrogen and oxygen atoms in total. The molecule has 2 aromatic rings. The third-order valence-electron chi connectivity index (χ3n) is 6.94. The molecular weight excluding hydrogens is 382 g/mol. The maximum atomic E-state index is 6.26. The van der Waals surface area contributed by atoms with E-state index in [9.17, 15) is 0 Å². The number of fused-ring (bicyclic) bond motifs is 1. The third kappa shape index (κ3) is 3.43. The zero-order chi connectivity index (χ0) is 21.5. The van der Waals surface area contributed by atoms with E-state index in [2.05, 4.69) is 81.7 Å². The number of likely N-dealkylation sites (tertiary alicyclic amines) is 1. The van der Waals surface area contributed by atoms with Crippen molar-refractivity contribution in [2.45, 2.75) is 52.2 Å². The van der Waals surface area contributed by atoms with Crippen LogP contribution < -0.4 is 9.92 Å². The van der Waals surface area contributed by atoms with Crippen molar-refractivity contribution in [3.8, 4) is 5.75 Å². The molecule has 0 N–H and O–H groups in total. The van der Waals surface area contributed by atoms with Gasteiger partial charge in [0.1, 0.15) is 12.4 Å². The Morgan fingerprint density at radius 2 is 1.80 bits per heavy atom. The molecule has 3 heteroatoms. The molecule has 0 saturated carbocycles. The molecule has 2 aromatic carbocycles. The zero-order valence-corrected chi connectivity index (χ0v) is 20.2. The van der Waals surface area contributed by atoms with Crippen molar-refractivity contribution in [3.63, 3.8) is 0 Å². The first kappa shape index (κ1) is 21.0. The molecule has 1 aliphatic carbocycles. The summed E-state index contributed by atoms with van der Waals surface area (Å²) in [6.45, 7) is 18.6. The summed E-state index contributed by atoms with van der Waals surface area (Å²) in [7, 11) is -1.95. The fourth-order valence-electron chi connectivity index (χ4n) is 5.76. The van der Waals surface area contributed by atoms with Crippen LogP contribution >= 0.6 is 0 Å². The van der Waals surface area contributed by atoms with Gasteiger partial charge in [-0.1, -0.05) is 67.7 Å². The molecule has 1 aliphatic heterocycles. The van der Waals surface area contributed by atoms with Gasteiger partial charge in [0.2, 0.25) is 0 Å². The van der Waals surface area contributed by atoms with E-state index in [4.69, 9.17) is 4.74 Å². The summed E-state index contributed by atoms with van der Waals surface area (Å²) in [5, 5.41) is 1.43. The largest absolute Gasteiger partial charge is 0.489 e. The molecule has 0 bridgehead atoms. The number of nitrogens with zero attached hydrogens (tertiary/aromatic N) is 1. The predicted octanol–water partition coefficient (Wildman–Crippen LogP) is 5.95. The first-order valence-corrected chi connectivity index (χ1v) is 14.3. The Bertz CT molecular complexity index is 998. The summed E-state index contributed by atoms with van der Waals surface area (Å²) < 4.78 is 6.26. The number of hydrogen-bond acceptors (Lipinski definition) is 2. The van der Waals surface area contributed by atoms with Gasteiger partial charge in [0, 0.05) is 29.9 Å². The van der Waals surface area contributed by atoms with Crippen LogP contribution in [0.25, 0.3) is 5.70 Å². The molecule has 30 heavy (non-hydrogen) atoms. The molecule has 1 fully saturated rings. The summed E-state index contributed by atoms with van der Waals surface area (Å²) in [4.78, 5) is 2.63. The lowest BCUT2D eigenvalue weighted by molar-refractivity contribution is 0.363. The lowest BCUT2D eigenvalue weighted by Gasteiger charge is -2.34. The lowest BCUT2D eigenvalue weighted by Crippen LogP contribution is -2.48. The van der Waals surface area contributed by atoms with E-state index in [-0.39, 0.29) is 0 Å². The molecular formula is C27H35NOSi. The summed E-state index contributed by atoms with van der Waals surface area (Å²) >= 11 is 0. The molecule has 1 saturated heterocycles. The predicted molar refractivity (Wildman–Crippen MR) is 131 cm³/mol. The van der Waals surface area contributed by atoms with Crippen molar-refractivity contribution in [1.29, 1.82) is 0 Å². The maximum absolute atomic E-state index is 6.26. The van der Waals surface area contributed by atoms with E-state index in [1.54, 1.807) is 5.57 Å². The minimum absolute atomic E-state index is 0.469. The van der Waals surface area contributed by atoms with E-state index in [1.165, 1.54) is 59.1 Å². The molecule has 2 aliphatic rings. The summed E-state index contributed by atoms with van der Waals surface area (Å²) in [5.74, 6) is 1.08. The van der Waals surface area contributed by atoms with Gasteiger partial charge < -0.3 is 9.64 Å². The van der Waals surface area contributed by atoms with Gasteiger partial charge in [-0.05, 0) is 55.5 Å². The minimum Gasteiger partial charge on any atom is -0.489 e. The molecule has 1 unspecified atom stereocenters. The van der Waals surface area contributed by atoms with Crippen LogP contribution in [-0.2, 0) is 0 Å². The lowest BCUT2D eigenvalue weighted by atomic mass is 10.1. The van der Waals surface area contributed by atoms with Crippen LogP contribution in [0.1, 0.15) is 47.6 Å². The van der Waals surface area contributed by atoms with Crippen LogP contribution in [0.3, 0.4) is 0 Å². The van der Waals surface area contributed by atoms with Crippen molar-refractivity contribution in [3.05, 3.63) is 76.9 Å². The average Bonchev–Trinajstić information content (AvgIpc) is 3.31. The van der Waals surface area contributed by atoms with Gasteiger partial charge in [0.25, 0.3) is 0 Å². The van der Waals surface area contributed by atoms with E-state index in [1.807, 2.05) is 6.08 Å². The Morgan fingerprint density at radius 1 is 1.10 bits per heavy atom. The summed E-state index contributed by atoms with van der Waals surface area (Å²) in [5.41, 5.74) is 9.07. The first-order valence-electron chi connectivity index (χ1n) is 11.3. The fourth-order valence-corrected chi connectivity index (χ4v) is 9.77. The molecule has 0 aromatic heterocycles. The highest BCUT2D eigenvalue weighted by Gasteiger charge is 2.44. The Kier molecular flexibility index (Phi) is 5.67. The minimum atomic E-state index is -1.95. The Morgan fingerprint density at radius 3 is 2.50 bits per heavy atom. The Labute approximate surface area is 183 Å². The van der Waals surface area contributed by atoms with Crippen LogP contribution in [0.2, 0.25) is 13.1 Å². The molecule has 0 spiro atoms. The molecule has 158 valence electrons. The van der Waals surface area contributed by atoms with Gasteiger partial charge >= 0.3 is 0 Å². The van der Waals surface area contributed by atoms with E-state index in [0.29, 0.717) is 12.1 Å². The molecule has 1 heterocycles. The van der Waals surface area contributed by atoms with Gasteiger partial charge in [0.15, 0.2) is 0 Å². The second-order valence-corrected chi connectivity index (χ2v) is 14.1. The molecule has 4 rings (SSSR count). The van der Waals surface area contributed by atoms with Crippen LogP contribution in [-0.4, -0.2) is 32.7 Å². The van der Waals surface area contributed by atoms with Gasteiger partial charge in [-0.2, -0.15) is 0 Å². The standard InChI is InChI=1S/C27H35NOSi/c1-7-16-29-26-20(3)17-19(2)18-24(26)30(5,6)27-21(4)25(28-14-10-11-15-28)22-12-8-9-13-23(22)27/h7-9,12-13,17-18,27H,1,10-11,14-16H2,2-6H3. The third-order valence-corrected chi connectivity index (χ3v) is 10.9. The second-order valence-electron chi connectivity index (χ2n) is 9.53. The topological polar surface area (TPSA) is 12.5 Å². The number of benzene rings is 2. The van der Waals surface area contributed by atoms with Crippen LogP contribution in [0.15, 0.2) is 54.6 Å². The van der Waals surface area contributed by atoms with Crippen molar-refractivity contribution < 1.29 is 4.74 Å². The number of allylic oxidation sites excluding steroid dienone is 1. The van der Waals surface area contributed by atoms with Crippen LogP contribution in [0.5, 0.6) is 5.75 Å². The van der Waals surface area contributed by atoms with Crippen LogP contribution in [0, 0.1) is 13.8 Å². The molecule has 1 atom stereocenters. The van der Waals surface area contributed by atoms with Gasteiger partial charge in [-0.25, -0.2) is 0 Å². The van der Waals surface area contributed by atoms with Gasteiger partial charge in [0.05, 0.1) is 8.07 Å². The first-order chi connectivity index (χ1) is 14.4. The molecule has 0 radical (unpaired) electrons. The maximum Gasteiger partial charge on any atom is 0.121 e. The second kappa shape index (κ2) is 8.11. The number of aryl methyl sites for hydroxylation is 2. The summed E-state index contributed by atoms with van der Waals surface area (Å²) in [6, 6.07) is 13.8. The fraction of sp³-hybridized carbons (Fsp3) is 0.407. The summed E-state index contributed by atoms with van der Waals surface area (Å²) in [6.07, 6.45) is 4.46. The van der Waals surface area contributed by atoms with Crippen molar-refractivity contribution >= 4 is 19.0 Å². The van der Waals surface area contributed by atoms with Gasteiger partial charge in [-0.3, -0.25) is 0 Å². The highest BCUT2D eigenvalue weighted by molar-refractivity contribution is 6.92. The average molecular weight is 418 g/mol. The monoisotopic (exact) mass is 417 g/mol. The van der Waals surface area contributed by atoms with Crippen molar-refractivity contribution in [1.82, 2.24) is 4.90 Å². The highest BCUT2D eigenvalue weighted by Crippen LogP contribution is 2.48. The van der Waals surface area contributed by atoms with E-state index < -0.39 is 8.07 Å². The van der Waals surface area contributed by atoms with Crippen molar-refractivity contribution in [2.75, 3.05) is 19.7 Å². The smallest absolute Gasteiger partial charge is 0.121 e. The number of ether oxygens (including phenoxy) is 1. The van der Waals surface area contributed by atoms with Crippen molar-refractivity contribution in [2.24, 2.45) is 0 Å². The molecule has 0 amide bonds. The number of hydrogen-bond donors (Lipinski definition) is 0.